The zero-order chi connectivity index (χ0) is 39.1. The molecule has 4 saturated heterocycles. The molecule has 4 heterocycles. The van der Waals surface area contributed by atoms with Gasteiger partial charge in [-0.15, -0.1) is 0 Å². The third kappa shape index (κ3) is 9.11. The molecule has 0 amide bonds. The van der Waals surface area contributed by atoms with Crippen LogP contribution in [0.1, 0.15) is 40.4 Å². The van der Waals surface area contributed by atoms with Crippen molar-refractivity contribution in [2.24, 2.45) is 0 Å². The summed E-state index contributed by atoms with van der Waals surface area (Å²) in [6.45, 7) is 1.12. The molecule has 11 nitrogen and oxygen atoms in total. The standard InChI is InChI=1S/C47H48O11/c48-44-42(40(49-26-31-16-6-1-7-17-31)38-36(54-44)29-52-45(56-38)34-22-12-4-13-23-34)58-47-43(51-28-33-20-10-3-11-21-33)41(50-27-32-18-8-2-9-19-32)39-37(55-47)30-53-46(57-39)35-24-14-5-15-25-35/h1-25,36-48H,26-30H2/t36-,37-,38-,39-,40+,41+,42+,43+,44?,45-,46-,47+/m1/s1. The first-order chi connectivity index (χ1) is 28.7. The zero-order valence-corrected chi connectivity index (χ0v) is 31.9. The predicted molar refractivity (Wildman–Crippen MR) is 209 cm³/mol. The Balaban J connectivity index is 1.04. The first-order valence-corrected chi connectivity index (χ1v) is 19.9. The van der Waals surface area contributed by atoms with Crippen LogP contribution in [0, 0.1) is 0 Å². The normalized spacial score (nSPS) is 32.2. The maximum atomic E-state index is 11.8. The molecule has 0 aromatic heterocycles. The third-order valence-electron chi connectivity index (χ3n) is 10.9. The van der Waals surface area contributed by atoms with E-state index in [0.29, 0.717) is 0 Å². The van der Waals surface area contributed by atoms with E-state index in [1.807, 2.05) is 152 Å². The molecule has 4 aliphatic heterocycles. The Morgan fingerprint density at radius 1 is 0.431 bits per heavy atom. The van der Waals surface area contributed by atoms with Crippen LogP contribution in [0.2, 0.25) is 0 Å². The van der Waals surface area contributed by atoms with E-state index in [9.17, 15) is 5.11 Å². The van der Waals surface area contributed by atoms with E-state index >= 15 is 0 Å². The Bertz CT molecular complexity index is 1980. The van der Waals surface area contributed by atoms with Gasteiger partial charge >= 0.3 is 0 Å². The quantitative estimate of drug-likeness (QED) is 0.136. The molecule has 0 spiro atoms. The molecule has 0 aliphatic carbocycles. The molecule has 11 heteroatoms. The molecule has 4 aliphatic rings. The Morgan fingerprint density at radius 2 is 0.810 bits per heavy atom. The van der Waals surface area contributed by atoms with Crippen LogP contribution in [0.25, 0.3) is 0 Å². The molecular weight excluding hydrogens is 741 g/mol. The third-order valence-corrected chi connectivity index (χ3v) is 10.9. The summed E-state index contributed by atoms with van der Waals surface area (Å²) >= 11 is 0. The average molecular weight is 789 g/mol. The number of benzene rings is 5. The summed E-state index contributed by atoms with van der Waals surface area (Å²) in [7, 11) is 0. The monoisotopic (exact) mass is 788 g/mol. The second-order valence-corrected chi connectivity index (χ2v) is 14.8. The minimum absolute atomic E-state index is 0.179. The average Bonchev–Trinajstić information content (AvgIpc) is 3.29. The summed E-state index contributed by atoms with van der Waals surface area (Å²) in [4.78, 5) is 0. The van der Waals surface area contributed by atoms with Crippen molar-refractivity contribution in [3.05, 3.63) is 179 Å². The van der Waals surface area contributed by atoms with E-state index in [1.54, 1.807) is 0 Å². The summed E-state index contributed by atoms with van der Waals surface area (Å²) in [5.74, 6) is 0. The highest BCUT2D eigenvalue weighted by molar-refractivity contribution is 5.19. The lowest BCUT2D eigenvalue weighted by molar-refractivity contribution is -0.410. The van der Waals surface area contributed by atoms with E-state index in [1.165, 1.54) is 0 Å². The van der Waals surface area contributed by atoms with Crippen LogP contribution < -0.4 is 0 Å². The van der Waals surface area contributed by atoms with Crippen LogP contribution in [0.5, 0.6) is 0 Å². The SMILES string of the molecule is OC1O[C@@H]2CO[C@@H](c3ccccc3)O[C@H]2[C@H](OCc2ccccc2)[C@@H]1O[C@@H]1O[C@@H]2CO[C@@H](c3ccccc3)O[C@H]2[C@H](OCc2ccccc2)[C@@H]1OCc1ccccc1. The summed E-state index contributed by atoms with van der Waals surface area (Å²) in [5.41, 5.74) is 4.62. The lowest BCUT2D eigenvalue weighted by atomic mass is 9.95. The largest absolute Gasteiger partial charge is 0.368 e. The smallest absolute Gasteiger partial charge is 0.187 e. The number of fused-ring (bicyclic) bond motifs is 2. The minimum atomic E-state index is -1.43. The topological polar surface area (TPSA) is 113 Å². The summed E-state index contributed by atoms with van der Waals surface area (Å²) in [6.07, 6.45) is -9.78. The van der Waals surface area contributed by atoms with E-state index in [2.05, 4.69) is 0 Å². The fraction of sp³-hybridized carbons (Fsp3) is 0.362. The van der Waals surface area contributed by atoms with Gasteiger partial charge in [0.1, 0.15) is 48.8 Å². The second kappa shape index (κ2) is 18.7. The molecule has 4 fully saturated rings. The number of aliphatic hydroxyl groups is 1. The van der Waals surface area contributed by atoms with Crippen molar-refractivity contribution in [1.29, 1.82) is 0 Å². The lowest BCUT2D eigenvalue weighted by Gasteiger charge is -2.52. The van der Waals surface area contributed by atoms with Gasteiger partial charge in [-0.25, -0.2) is 0 Å². The predicted octanol–water partition coefficient (Wildman–Crippen LogP) is 6.80. The van der Waals surface area contributed by atoms with Crippen molar-refractivity contribution in [1.82, 2.24) is 0 Å². The van der Waals surface area contributed by atoms with Crippen LogP contribution in [0.4, 0.5) is 0 Å². The number of ether oxygens (including phenoxy) is 10. The zero-order valence-electron chi connectivity index (χ0n) is 31.9. The fourth-order valence-electron chi connectivity index (χ4n) is 7.93. The highest BCUT2D eigenvalue weighted by Gasteiger charge is 2.56. The van der Waals surface area contributed by atoms with Crippen LogP contribution in [-0.2, 0) is 67.2 Å². The molecule has 12 atom stereocenters. The number of hydrogen-bond acceptors (Lipinski definition) is 11. The Morgan fingerprint density at radius 3 is 1.26 bits per heavy atom. The maximum absolute atomic E-state index is 11.8. The maximum Gasteiger partial charge on any atom is 0.187 e. The van der Waals surface area contributed by atoms with E-state index < -0.39 is 74.0 Å². The molecule has 0 radical (unpaired) electrons. The fourth-order valence-corrected chi connectivity index (χ4v) is 7.93. The Kier molecular flexibility index (Phi) is 12.6. The minimum Gasteiger partial charge on any atom is -0.368 e. The van der Waals surface area contributed by atoms with Gasteiger partial charge in [-0.05, 0) is 16.7 Å². The number of rotatable bonds is 13. The molecular formula is C47H48O11. The van der Waals surface area contributed by atoms with Crippen LogP contribution >= 0.6 is 0 Å². The van der Waals surface area contributed by atoms with Gasteiger partial charge in [-0.3, -0.25) is 0 Å². The van der Waals surface area contributed by atoms with Crippen molar-refractivity contribution in [3.63, 3.8) is 0 Å². The van der Waals surface area contributed by atoms with Gasteiger partial charge in [0.2, 0.25) is 0 Å². The number of hydrogen-bond donors (Lipinski definition) is 1. The highest BCUT2D eigenvalue weighted by atomic mass is 16.8. The molecule has 0 saturated carbocycles. The van der Waals surface area contributed by atoms with Crippen molar-refractivity contribution in [2.45, 2.75) is 93.8 Å². The summed E-state index contributed by atoms with van der Waals surface area (Å²) in [5, 5.41) is 11.8. The Labute approximate surface area is 338 Å². The van der Waals surface area contributed by atoms with Gasteiger partial charge in [0.25, 0.3) is 0 Å². The van der Waals surface area contributed by atoms with Gasteiger partial charge in [0.15, 0.2) is 25.2 Å². The number of aliphatic hydroxyl groups excluding tert-OH is 1. The van der Waals surface area contributed by atoms with Crippen molar-refractivity contribution < 1.29 is 52.5 Å². The Hall–Kier alpha value is -4.34. The van der Waals surface area contributed by atoms with Gasteiger partial charge in [0, 0.05) is 11.1 Å². The van der Waals surface area contributed by atoms with Gasteiger partial charge in [0.05, 0.1) is 33.0 Å². The first kappa shape index (κ1) is 39.1. The lowest BCUT2D eigenvalue weighted by Crippen LogP contribution is -2.67. The van der Waals surface area contributed by atoms with Crippen LogP contribution in [0.15, 0.2) is 152 Å². The molecule has 1 unspecified atom stereocenters. The van der Waals surface area contributed by atoms with Crippen LogP contribution in [0.3, 0.4) is 0 Å². The van der Waals surface area contributed by atoms with Gasteiger partial charge in [-0.1, -0.05) is 152 Å². The van der Waals surface area contributed by atoms with Crippen molar-refractivity contribution in [3.8, 4) is 0 Å². The van der Waals surface area contributed by atoms with Crippen molar-refractivity contribution >= 4 is 0 Å². The van der Waals surface area contributed by atoms with E-state index in [4.69, 9.17) is 47.4 Å². The van der Waals surface area contributed by atoms with Crippen LogP contribution in [-0.4, -0.2) is 79.7 Å². The van der Waals surface area contributed by atoms with Crippen molar-refractivity contribution in [2.75, 3.05) is 13.2 Å². The molecule has 5 aromatic rings. The molecule has 0 bridgehead atoms. The van der Waals surface area contributed by atoms with E-state index in [-0.39, 0.29) is 33.0 Å². The molecule has 302 valence electrons. The second-order valence-electron chi connectivity index (χ2n) is 14.8. The summed E-state index contributed by atoms with van der Waals surface area (Å²) < 4.78 is 65.9. The van der Waals surface area contributed by atoms with E-state index in [0.717, 1.165) is 27.8 Å². The van der Waals surface area contributed by atoms with Gasteiger partial charge < -0.3 is 52.5 Å². The summed E-state index contributed by atoms with van der Waals surface area (Å²) in [6, 6.07) is 49.2. The molecule has 9 rings (SSSR count). The molecule has 1 N–H and O–H groups in total. The van der Waals surface area contributed by atoms with Gasteiger partial charge in [-0.2, -0.15) is 0 Å². The first-order valence-electron chi connectivity index (χ1n) is 19.9. The molecule has 58 heavy (non-hydrogen) atoms. The molecule has 5 aromatic carbocycles. The highest BCUT2D eigenvalue weighted by Crippen LogP contribution is 2.41.